The van der Waals surface area contributed by atoms with Crippen molar-refractivity contribution >= 4 is 5.91 Å². The molecule has 24 heavy (non-hydrogen) atoms. The number of piperidine rings is 1. The Labute approximate surface area is 143 Å². The molecule has 1 aromatic heterocycles. The summed E-state index contributed by atoms with van der Waals surface area (Å²) in [5.74, 6) is 2.24. The van der Waals surface area contributed by atoms with E-state index in [9.17, 15) is 4.79 Å². The standard InChI is InChI=1S/C19H25N3O2/c1-13-6-7-17(24-3)16(9-13)10-18(23)22-8-4-5-15(12-22)19-20-11-14(2)21-19/h6-7,9,11,15H,4-5,8,10,12H2,1-3H3,(H,20,21)/t15-/m1/s1. The summed E-state index contributed by atoms with van der Waals surface area (Å²) in [6.45, 7) is 5.60. The van der Waals surface area contributed by atoms with E-state index in [1.54, 1.807) is 7.11 Å². The van der Waals surface area contributed by atoms with Crippen molar-refractivity contribution in [3.8, 4) is 5.75 Å². The van der Waals surface area contributed by atoms with E-state index in [1.165, 1.54) is 0 Å². The van der Waals surface area contributed by atoms with Gasteiger partial charge in [0.15, 0.2) is 0 Å². The molecule has 1 N–H and O–H groups in total. The summed E-state index contributed by atoms with van der Waals surface area (Å²) in [7, 11) is 1.65. The minimum absolute atomic E-state index is 0.159. The lowest BCUT2D eigenvalue weighted by Crippen LogP contribution is -2.40. The lowest BCUT2D eigenvalue weighted by atomic mass is 9.96. The topological polar surface area (TPSA) is 58.2 Å². The molecule has 5 nitrogen and oxygen atoms in total. The van der Waals surface area contributed by atoms with Gasteiger partial charge in [-0.2, -0.15) is 0 Å². The van der Waals surface area contributed by atoms with Gasteiger partial charge >= 0.3 is 0 Å². The fourth-order valence-electron chi connectivity index (χ4n) is 3.39. The number of amides is 1. The molecule has 1 amide bonds. The molecule has 0 unspecified atom stereocenters. The van der Waals surface area contributed by atoms with Gasteiger partial charge in [-0.25, -0.2) is 4.98 Å². The Morgan fingerprint density at radius 3 is 2.96 bits per heavy atom. The fraction of sp³-hybridized carbons (Fsp3) is 0.474. The number of imidazole rings is 1. The molecule has 3 rings (SSSR count). The van der Waals surface area contributed by atoms with Crippen LogP contribution in [0.3, 0.4) is 0 Å². The Hall–Kier alpha value is -2.30. The van der Waals surface area contributed by atoms with Gasteiger partial charge in [0.25, 0.3) is 0 Å². The number of aromatic nitrogens is 2. The highest BCUT2D eigenvalue weighted by molar-refractivity contribution is 5.79. The smallest absolute Gasteiger partial charge is 0.227 e. The molecular formula is C19H25N3O2. The molecule has 1 fully saturated rings. The van der Waals surface area contributed by atoms with E-state index in [-0.39, 0.29) is 5.91 Å². The van der Waals surface area contributed by atoms with Gasteiger partial charge < -0.3 is 14.6 Å². The monoisotopic (exact) mass is 327 g/mol. The number of carbonyl (C=O) groups excluding carboxylic acids is 1. The molecule has 128 valence electrons. The maximum atomic E-state index is 12.8. The Bertz CT molecular complexity index is 723. The van der Waals surface area contributed by atoms with Crippen molar-refractivity contribution in [3.63, 3.8) is 0 Å². The van der Waals surface area contributed by atoms with Crippen LogP contribution < -0.4 is 4.74 Å². The van der Waals surface area contributed by atoms with Crippen molar-refractivity contribution in [1.29, 1.82) is 0 Å². The van der Waals surface area contributed by atoms with Crippen LogP contribution in [-0.2, 0) is 11.2 Å². The Balaban J connectivity index is 1.70. The van der Waals surface area contributed by atoms with E-state index in [1.807, 2.05) is 43.1 Å². The third-order valence-electron chi connectivity index (χ3n) is 4.66. The lowest BCUT2D eigenvalue weighted by Gasteiger charge is -2.32. The first-order valence-corrected chi connectivity index (χ1v) is 8.49. The van der Waals surface area contributed by atoms with Crippen LogP contribution in [0.1, 0.15) is 41.4 Å². The zero-order valence-corrected chi connectivity index (χ0v) is 14.6. The molecule has 0 radical (unpaired) electrons. The largest absolute Gasteiger partial charge is 0.496 e. The van der Waals surface area contributed by atoms with Gasteiger partial charge in [-0.3, -0.25) is 4.79 Å². The van der Waals surface area contributed by atoms with Crippen molar-refractivity contribution < 1.29 is 9.53 Å². The van der Waals surface area contributed by atoms with Crippen LogP contribution in [0.5, 0.6) is 5.75 Å². The van der Waals surface area contributed by atoms with Gasteiger partial charge in [0, 0.05) is 36.5 Å². The zero-order chi connectivity index (χ0) is 17.1. The molecule has 0 spiro atoms. The molecule has 0 saturated carbocycles. The highest BCUT2D eigenvalue weighted by Crippen LogP contribution is 2.26. The molecule has 2 heterocycles. The first-order chi connectivity index (χ1) is 11.6. The van der Waals surface area contributed by atoms with Crippen molar-refractivity contribution in [1.82, 2.24) is 14.9 Å². The Morgan fingerprint density at radius 2 is 2.25 bits per heavy atom. The number of aryl methyl sites for hydroxylation is 2. The first-order valence-electron chi connectivity index (χ1n) is 8.49. The SMILES string of the molecule is COc1ccc(C)cc1CC(=O)N1CCC[C@@H](c2ncc(C)[nH]2)C1. The van der Waals surface area contributed by atoms with Gasteiger partial charge in [0.1, 0.15) is 11.6 Å². The molecule has 1 atom stereocenters. The number of benzene rings is 1. The number of hydrogen-bond acceptors (Lipinski definition) is 3. The third kappa shape index (κ3) is 3.61. The maximum Gasteiger partial charge on any atom is 0.227 e. The van der Waals surface area contributed by atoms with Crippen LogP contribution >= 0.6 is 0 Å². The molecule has 0 bridgehead atoms. The molecule has 1 aliphatic rings. The second-order valence-electron chi connectivity index (χ2n) is 6.62. The minimum atomic E-state index is 0.159. The van der Waals surface area contributed by atoms with Crippen molar-refractivity contribution in [2.24, 2.45) is 0 Å². The second-order valence-corrected chi connectivity index (χ2v) is 6.62. The maximum absolute atomic E-state index is 12.8. The highest BCUT2D eigenvalue weighted by atomic mass is 16.5. The van der Waals surface area contributed by atoms with Crippen LogP contribution in [0.25, 0.3) is 0 Å². The van der Waals surface area contributed by atoms with Crippen LogP contribution in [-0.4, -0.2) is 41.0 Å². The number of hydrogen-bond donors (Lipinski definition) is 1. The number of nitrogens with zero attached hydrogens (tertiary/aromatic N) is 2. The second kappa shape index (κ2) is 7.07. The van der Waals surface area contributed by atoms with Gasteiger partial charge in [-0.05, 0) is 32.8 Å². The molecule has 0 aliphatic carbocycles. The molecule has 2 aromatic rings. The highest BCUT2D eigenvalue weighted by Gasteiger charge is 2.26. The number of methoxy groups -OCH3 is 1. The van der Waals surface area contributed by atoms with E-state index in [0.29, 0.717) is 12.3 Å². The number of carbonyl (C=O) groups is 1. The summed E-state index contributed by atoms with van der Waals surface area (Å²) in [4.78, 5) is 22.5. The summed E-state index contributed by atoms with van der Waals surface area (Å²) in [6.07, 6.45) is 4.33. The predicted molar refractivity (Wildman–Crippen MR) is 93.3 cm³/mol. The van der Waals surface area contributed by atoms with Crippen LogP contribution in [0.15, 0.2) is 24.4 Å². The quantitative estimate of drug-likeness (QED) is 0.939. The molecule has 5 heteroatoms. The normalized spacial score (nSPS) is 17.8. The summed E-state index contributed by atoms with van der Waals surface area (Å²) in [5.41, 5.74) is 3.16. The Morgan fingerprint density at radius 1 is 1.42 bits per heavy atom. The number of nitrogens with one attached hydrogen (secondary N) is 1. The molecule has 1 saturated heterocycles. The summed E-state index contributed by atoms with van der Waals surface area (Å²) >= 11 is 0. The lowest BCUT2D eigenvalue weighted by molar-refractivity contribution is -0.131. The summed E-state index contributed by atoms with van der Waals surface area (Å²) < 4.78 is 5.40. The molecule has 1 aromatic carbocycles. The molecule has 1 aliphatic heterocycles. The van der Waals surface area contributed by atoms with Gasteiger partial charge in [-0.1, -0.05) is 17.7 Å². The van der Waals surface area contributed by atoms with E-state index in [0.717, 1.165) is 54.3 Å². The third-order valence-corrected chi connectivity index (χ3v) is 4.66. The van der Waals surface area contributed by atoms with Gasteiger partial charge in [-0.15, -0.1) is 0 Å². The average molecular weight is 327 g/mol. The van der Waals surface area contributed by atoms with Crippen LogP contribution in [0, 0.1) is 13.8 Å². The summed E-state index contributed by atoms with van der Waals surface area (Å²) in [6, 6.07) is 5.97. The predicted octanol–water partition coefficient (Wildman–Crippen LogP) is 2.98. The fourth-order valence-corrected chi connectivity index (χ4v) is 3.39. The van der Waals surface area contributed by atoms with Crippen molar-refractivity contribution in [2.75, 3.05) is 20.2 Å². The summed E-state index contributed by atoms with van der Waals surface area (Å²) in [5, 5.41) is 0. The van der Waals surface area contributed by atoms with E-state index in [2.05, 4.69) is 9.97 Å². The van der Waals surface area contributed by atoms with Gasteiger partial charge in [0.2, 0.25) is 5.91 Å². The number of rotatable bonds is 4. The van der Waals surface area contributed by atoms with E-state index >= 15 is 0 Å². The number of likely N-dealkylation sites (tertiary alicyclic amines) is 1. The van der Waals surface area contributed by atoms with Gasteiger partial charge in [0.05, 0.1) is 13.5 Å². The number of aromatic amines is 1. The van der Waals surface area contributed by atoms with Crippen molar-refractivity contribution in [2.45, 2.75) is 39.0 Å². The zero-order valence-electron chi connectivity index (χ0n) is 14.6. The van der Waals surface area contributed by atoms with Crippen LogP contribution in [0.4, 0.5) is 0 Å². The van der Waals surface area contributed by atoms with E-state index < -0.39 is 0 Å². The Kier molecular flexibility index (Phi) is 4.88. The van der Waals surface area contributed by atoms with Crippen molar-refractivity contribution in [3.05, 3.63) is 47.0 Å². The number of ether oxygens (including phenoxy) is 1. The average Bonchev–Trinajstić information content (AvgIpc) is 3.02. The molecular weight excluding hydrogens is 302 g/mol. The first kappa shape index (κ1) is 16.6. The van der Waals surface area contributed by atoms with Crippen LogP contribution in [0.2, 0.25) is 0 Å². The number of H-pyrrole nitrogens is 1. The van der Waals surface area contributed by atoms with E-state index in [4.69, 9.17) is 4.74 Å². The minimum Gasteiger partial charge on any atom is -0.496 e.